The summed E-state index contributed by atoms with van der Waals surface area (Å²) in [5.74, 6) is 1.56. The van der Waals surface area contributed by atoms with Crippen LogP contribution in [0, 0.1) is 0 Å². The molecule has 0 atom stereocenters. The molecule has 1 aliphatic carbocycles. The highest BCUT2D eigenvalue weighted by Crippen LogP contribution is 2.56. The van der Waals surface area contributed by atoms with Crippen LogP contribution in [0.2, 0.25) is 0 Å². The Labute approximate surface area is 213 Å². The highest BCUT2D eigenvalue weighted by molar-refractivity contribution is 14.1. The number of aliphatic hydroxyl groups excluding tert-OH is 1. The monoisotopic (exact) mass is 564 g/mol. The molecule has 34 heavy (non-hydrogen) atoms. The van der Waals surface area contributed by atoms with Crippen molar-refractivity contribution in [1.82, 2.24) is 0 Å². The maximum Gasteiger partial charge on any atom is 0.119 e. The second-order valence-corrected chi connectivity index (χ2v) is 8.75. The molecule has 4 nitrogen and oxygen atoms in total. The molecule has 0 heterocycles. The molecule has 0 fully saturated rings. The van der Waals surface area contributed by atoms with E-state index in [1.165, 1.54) is 27.8 Å². The van der Waals surface area contributed by atoms with Gasteiger partial charge in [0, 0.05) is 0 Å². The van der Waals surface area contributed by atoms with E-state index in [4.69, 9.17) is 17.6 Å². The average Bonchev–Trinajstić information content (AvgIpc) is 3.20. The topological polar surface area (TPSA) is 47.9 Å². The van der Waals surface area contributed by atoms with Crippen LogP contribution in [0.5, 0.6) is 11.5 Å². The Hall–Kier alpha value is -2.87. The van der Waals surface area contributed by atoms with Crippen LogP contribution in [0.3, 0.4) is 0 Å². The van der Waals surface area contributed by atoms with Gasteiger partial charge in [0.1, 0.15) is 47.7 Å². The summed E-state index contributed by atoms with van der Waals surface area (Å²) in [6.07, 6.45) is 0. The van der Waals surface area contributed by atoms with E-state index in [0.717, 1.165) is 17.1 Å². The Balaban J connectivity index is 1.68. The maximum atomic E-state index is 9.11. The molecule has 1 N–H and O–H groups in total. The Morgan fingerprint density at radius 2 is 1.06 bits per heavy atom. The van der Waals surface area contributed by atoms with Gasteiger partial charge < -0.3 is 17.6 Å². The third kappa shape index (κ3) is 3.98. The summed E-state index contributed by atoms with van der Waals surface area (Å²) < 4.78 is 16.5. The smallest absolute Gasteiger partial charge is 0.119 e. The van der Waals surface area contributed by atoms with Crippen LogP contribution in [-0.4, -0.2) is 31.5 Å². The molecular weight excluding hydrogens is 539 g/mol. The van der Waals surface area contributed by atoms with Gasteiger partial charge in [0.2, 0.25) is 0 Å². The van der Waals surface area contributed by atoms with Gasteiger partial charge in [0.25, 0.3) is 0 Å². The summed E-state index contributed by atoms with van der Waals surface area (Å²) in [5.41, 5.74) is 6.88. The first-order valence-electron chi connectivity index (χ1n) is 11.3. The zero-order valence-electron chi connectivity index (χ0n) is 18.6. The van der Waals surface area contributed by atoms with Gasteiger partial charge in [-0.15, -0.1) is 0 Å². The first-order chi connectivity index (χ1) is 16.8. The van der Waals surface area contributed by atoms with Crippen molar-refractivity contribution >= 4 is 23.0 Å². The highest BCUT2D eigenvalue weighted by Gasteiger charge is 2.45. The minimum Gasteiger partial charge on any atom is -0.491 e. The lowest BCUT2D eigenvalue weighted by atomic mass is 9.68. The van der Waals surface area contributed by atoms with E-state index in [9.17, 15) is 0 Å². The number of ether oxygens (including phenoxy) is 2. The van der Waals surface area contributed by atoms with Crippen molar-refractivity contribution in [2.75, 3.05) is 26.4 Å². The summed E-state index contributed by atoms with van der Waals surface area (Å²) in [6, 6.07) is 33.9. The molecular formula is C29H25IO4. The van der Waals surface area contributed by atoms with Crippen LogP contribution in [0.1, 0.15) is 22.3 Å². The summed E-state index contributed by atoms with van der Waals surface area (Å²) in [4.78, 5) is 0. The standard InChI is InChI=1S/C29H25IO4/c30-34-20-19-33-24-15-11-22(12-16-24)29(21-9-13-23(14-10-21)32-18-17-31)27-7-3-1-5-25(27)26-6-2-4-8-28(26)29/h1-16,31H,17-20H2. The van der Waals surface area contributed by atoms with Crippen LogP contribution in [0.15, 0.2) is 97.1 Å². The zero-order chi connectivity index (χ0) is 23.4. The number of hydrogen-bond donors (Lipinski definition) is 1. The lowest BCUT2D eigenvalue weighted by Crippen LogP contribution is -2.28. The quantitative estimate of drug-likeness (QED) is 0.172. The fourth-order valence-electron chi connectivity index (χ4n) is 4.98. The number of benzene rings is 4. The molecule has 0 saturated heterocycles. The summed E-state index contributed by atoms with van der Waals surface area (Å²) in [7, 11) is 0. The molecule has 4 aromatic carbocycles. The van der Waals surface area contributed by atoms with E-state index in [1.807, 2.05) is 47.3 Å². The highest BCUT2D eigenvalue weighted by atomic mass is 127. The number of aliphatic hydroxyl groups is 1. The minimum absolute atomic E-state index is 0.00911. The van der Waals surface area contributed by atoms with E-state index in [-0.39, 0.29) is 13.2 Å². The molecule has 0 radical (unpaired) electrons. The molecule has 0 unspecified atom stereocenters. The van der Waals surface area contributed by atoms with E-state index >= 15 is 0 Å². The van der Waals surface area contributed by atoms with Gasteiger partial charge in [0.15, 0.2) is 0 Å². The fourth-order valence-corrected chi connectivity index (χ4v) is 5.16. The number of fused-ring (bicyclic) bond motifs is 3. The van der Waals surface area contributed by atoms with Gasteiger partial charge in [-0.2, -0.15) is 0 Å². The first kappa shape index (κ1) is 22.9. The molecule has 172 valence electrons. The third-order valence-corrected chi connectivity index (χ3v) is 6.76. The Bertz CT molecular complexity index is 1210. The van der Waals surface area contributed by atoms with Crippen molar-refractivity contribution in [2.24, 2.45) is 0 Å². The molecule has 1 aliphatic rings. The van der Waals surface area contributed by atoms with Crippen LogP contribution >= 0.6 is 23.0 Å². The number of hydrogen-bond acceptors (Lipinski definition) is 4. The van der Waals surface area contributed by atoms with Gasteiger partial charge in [0.05, 0.1) is 18.6 Å². The fraction of sp³-hybridized carbons (Fsp3) is 0.172. The van der Waals surface area contributed by atoms with Gasteiger partial charge in [-0.25, -0.2) is 0 Å². The molecule has 0 aliphatic heterocycles. The predicted molar refractivity (Wildman–Crippen MR) is 142 cm³/mol. The SMILES string of the molecule is OCCOc1ccc(C2(c3ccc(OCCOI)cc3)c3ccccc3-c3ccccc32)cc1. The second kappa shape index (κ2) is 10.2. The van der Waals surface area contributed by atoms with Crippen molar-refractivity contribution in [2.45, 2.75) is 5.41 Å². The van der Waals surface area contributed by atoms with E-state index < -0.39 is 5.41 Å². The van der Waals surface area contributed by atoms with Gasteiger partial charge in [-0.3, -0.25) is 0 Å². The molecule has 0 saturated carbocycles. The average molecular weight is 564 g/mol. The molecule has 0 aromatic heterocycles. The van der Waals surface area contributed by atoms with Crippen LogP contribution in [0.4, 0.5) is 0 Å². The Kier molecular flexibility index (Phi) is 6.85. The molecule has 5 heteroatoms. The third-order valence-electron chi connectivity index (χ3n) is 6.32. The maximum absolute atomic E-state index is 9.11. The van der Waals surface area contributed by atoms with Crippen molar-refractivity contribution in [3.05, 3.63) is 119 Å². The largest absolute Gasteiger partial charge is 0.491 e. The molecule has 5 rings (SSSR count). The molecule has 0 amide bonds. The van der Waals surface area contributed by atoms with Gasteiger partial charge >= 0.3 is 0 Å². The Morgan fingerprint density at radius 1 is 0.588 bits per heavy atom. The van der Waals surface area contributed by atoms with Gasteiger partial charge in [-0.1, -0.05) is 72.8 Å². The molecule has 0 spiro atoms. The van der Waals surface area contributed by atoms with Crippen LogP contribution < -0.4 is 9.47 Å². The van der Waals surface area contributed by atoms with Crippen LogP contribution in [0.25, 0.3) is 11.1 Å². The summed E-state index contributed by atoms with van der Waals surface area (Å²) >= 11 is 1.88. The summed E-state index contributed by atoms with van der Waals surface area (Å²) in [5, 5.41) is 9.11. The summed E-state index contributed by atoms with van der Waals surface area (Å²) in [6.45, 7) is 1.32. The lowest BCUT2D eigenvalue weighted by Gasteiger charge is -2.34. The van der Waals surface area contributed by atoms with E-state index in [2.05, 4.69) is 72.8 Å². The van der Waals surface area contributed by atoms with E-state index in [0.29, 0.717) is 13.2 Å². The minimum atomic E-state index is -0.466. The number of halogens is 1. The second-order valence-electron chi connectivity index (χ2n) is 8.12. The Morgan fingerprint density at radius 3 is 1.53 bits per heavy atom. The van der Waals surface area contributed by atoms with E-state index in [1.54, 1.807) is 0 Å². The van der Waals surface area contributed by atoms with Crippen molar-refractivity contribution in [3.8, 4) is 22.6 Å². The molecule has 4 aromatic rings. The number of rotatable bonds is 9. The van der Waals surface area contributed by atoms with Crippen LogP contribution in [-0.2, 0) is 8.48 Å². The van der Waals surface area contributed by atoms with Crippen molar-refractivity contribution in [3.63, 3.8) is 0 Å². The normalized spacial score (nSPS) is 13.2. The van der Waals surface area contributed by atoms with Crippen molar-refractivity contribution in [1.29, 1.82) is 0 Å². The van der Waals surface area contributed by atoms with Gasteiger partial charge in [-0.05, 0) is 57.6 Å². The zero-order valence-corrected chi connectivity index (χ0v) is 20.8. The first-order valence-corrected chi connectivity index (χ1v) is 12.2. The lowest BCUT2D eigenvalue weighted by molar-refractivity contribution is 0.201. The predicted octanol–water partition coefficient (Wildman–Crippen LogP) is 6.17. The van der Waals surface area contributed by atoms with Crippen molar-refractivity contribution < 1.29 is 17.6 Å². The molecule has 0 bridgehead atoms.